The SMILES string of the molecule is c1ccc(-c2nc(-c3cc4ccc5cccc6c7cccc8ccc9cccc(c(c3)c4c56)c9c87)cc(-c3ccccc3-c3ccc4sc5ccccc5c4c3)n2)cc1. The predicted molar refractivity (Wildman–Crippen MR) is 253 cm³/mol. The summed E-state index contributed by atoms with van der Waals surface area (Å²) in [6, 6.07) is 71.0. The van der Waals surface area contributed by atoms with Gasteiger partial charge in [0, 0.05) is 36.9 Å². The van der Waals surface area contributed by atoms with Crippen molar-refractivity contribution in [3.63, 3.8) is 0 Å². The van der Waals surface area contributed by atoms with Gasteiger partial charge in [0.2, 0.25) is 0 Å². The zero-order chi connectivity index (χ0) is 38.6. The molecule has 0 saturated carbocycles. The van der Waals surface area contributed by atoms with E-state index in [1.165, 1.54) is 90.4 Å². The molecule has 0 fully saturated rings. The molecule has 0 spiro atoms. The Bertz CT molecular complexity index is 3840. The lowest BCUT2D eigenvalue weighted by molar-refractivity contribution is 1.18. The zero-order valence-corrected chi connectivity index (χ0v) is 32.6. The van der Waals surface area contributed by atoms with Crippen LogP contribution in [0.4, 0.5) is 0 Å². The van der Waals surface area contributed by atoms with Crippen LogP contribution in [-0.4, -0.2) is 9.97 Å². The van der Waals surface area contributed by atoms with Crippen molar-refractivity contribution in [1.82, 2.24) is 9.97 Å². The van der Waals surface area contributed by atoms with Crippen molar-refractivity contribution in [1.29, 1.82) is 0 Å². The maximum absolute atomic E-state index is 5.39. The molecule has 272 valence electrons. The Morgan fingerprint density at radius 3 is 1.56 bits per heavy atom. The first-order valence-electron chi connectivity index (χ1n) is 20.1. The predicted octanol–water partition coefficient (Wildman–Crippen LogP) is 15.9. The summed E-state index contributed by atoms with van der Waals surface area (Å²) in [4.78, 5) is 10.7. The van der Waals surface area contributed by atoms with Crippen molar-refractivity contribution in [2.45, 2.75) is 0 Å². The zero-order valence-electron chi connectivity index (χ0n) is 31.8. The van der Waals surface area contributed by atoms with Crippen LogP contribution >= 0.6 is 11.3 Å². The number of benzene rings is 10. The number of fused-ring (bicyclic) bond motifs is 5. The molecule has 0 N–H and O–H groups in total. The summed E-state index contributed by atoms with van der Waals surface area (Å²) in [5, 5.41) is 17.7. The van der Waals surface area contributed by atoms with E-state index < -0.39 is 0 Å². The number of aromatic nitrogens is 2. The minimum absolute atomic E-state index is 0.705. The fraction of sp³-hybridized carbons (Fsp3) is 0. The van der Waals surface area contributed by atoms with Crippen LogP contribution in [0.25, 0.3) is 130 Å². The van der Waals surface area contributed by atoms with Crippen LogP contribution in [0.2, 0.25) is 0 Å². The molecule has 2 nitrogen and oxygen atoms in total. The van der Waals surface area contributed by atoms with E-state index in [1.54, 1.807) is 0 Å². The molecule has 2 heterocycles. The van der Waals surface area contributed by atoms with Gasteiger partial charge in [-0.1, -0.05) is 158 Å². The molecule has 13 aromatic rings. The quantitative estimate of drug-likeness (QED) is 0.167. The van der Waals surface area contributed by atoms with E-state index in [1.807, 2.05) is 17.4 Å². The molecule has 13 rings (SSSR count). The average molecular weight is 765 g/mol. The molecule has 0 saturated heterocycles. The van der Waals surface area contributed by atoms with Crippen molar-refractivity contribution in [3.8, 4) is 45.0 Å². The van der Waals surface area contributed by atoms with Gasteiger partial charge in [-0.3, -0.25) is 0 Å². The third kappa shape index (κ3) is 4.92. The molecule has 0 aliphatic carbocycles. The molecule has 0 atom stereocenters. The first kappa shape index (κ1) is 32.6. The Balaban J connectivity index is 1.11. The highest BCUT2D eigenvalue weighted by atomic mass is 32.1. The highest BCUT2D eigenvalue weighted by Crippen LogP contribution is 2.45. The van der Waals surface area contributed by atoms with Gasteiger partial charge in [-0.05, 0) is 112 Å². The number of hydrogen-bond donors (Lipinski definition) is 0. The number of rotatable bonds is 4. The number of nitrogens with zero attached hydrogens (tertiary/aromatic N) is 2. The standard InChI is InChI=1S/C56H32N2S/c1-2-11-36(12-3-1)56-57-48(32-49(58-56)41-17-5-4-16-40(41)37-27-28-51-46(30-37)42-18-6-7-22-50(42)59-51)39-29-38-26-25-35-14-9-20-44-43-19-8-13-33-23-24-34-15-10-21-45(54(34)52(33)43)47(31-39)55(38)53(35)44/h1-32H. The fourth-order valence-electron chi connectivity index (χ4n) is 9.73. The van der Waals surface area contributed by atoms with Crippen LogP contribution in [0.5, 0.6) is 0 Å². The van der Waals surface area contributed by atoms with Crippen LogP contribution in [0.15, 0.2) is 194 Å². The lowest BCUT2D eigenvalue weighted by Gasteiger charge is -2.17. The minimum Gasteiger partial charge on any atom is -0.228 e. The molecule has 0 amide bonds. The Labute approximate surface area is 343 Å². The van der Waals surface area contributed by atoms with E-state index in [2.05, 4.69) is 188 Å². The monoisotopic (exact) mass is 764 g/mol. The topological polar surface area (TPSA) is 25.8 Å². The highest BCUT2D eigenvalue weighted by Gasteiger charge is 2.19. The van der Waals surface area contributed by atoms with Gasteiger partial charge in [-0.15, -0.1) is 11.3 Å². The van der Waals surface area contributed by atoms with Crippen LogP contribution in [0, 0.1) is 0 Å². The molecule has 59 heavy (non-hydrogen) atoms. The van der Waals surface area contributed by atoms with E-state index >= 15 is 0 Å². The third-order valence-electron chi connectivity index (χ3n) is 12.4. The van der Waals surface area contributed by atoms with Crippen molar-refractivity contribution >= 4 is 96.1 Å². The molecule has 0 aliphatic heterocycles. The van der Waals surface area contributed by atoms with Gasteiger partial charge in [0.15, 0.2) is 5.82 Å². The van der Waals surface area contributed by atoms with Crippen LogP contribution in [-0.2, 0) is 0 Å². The average Bonchev–Trinajstić information content (AvgIpc) is 3.68. The maximum atomic E-state index is 5.39. The van der Waals surface area contributed by atoms with Crippen LogP contribution in [0.1, 0.15) is 0 Å². The molecular weight excluding hydrogens is 733 g/mol. The van der Waals surface area contributed by atoms with Crippen LogP contribution < -0.4 is 0 Å². The lowest BCUT2D eigenvalue weighted by atomic mass is 9.87. The first-order chi connectivity index (χ1) is 29.2. The van der Waals surface area contributed by atoms with E-state index in [9.17, 15) is 0 Å². The summed E-state index contributed by atoms with van der Waals surface area (Å²) in [5.74, 6) is 0.705. The fourth-order valence-corrected chi connectivity index (χ4v) is 10.8. The Kier molecular flexibility index (Phi) is 6.92. The minimum atomic E-state index is 0.705. The first-order valence-corrected chi connectivity index (χ1v) is 21.0. The van der Waals surface area contributed by atoms with Crippen molar-refractivity contribution in [2.24, 2.45) is 0 Å². The van der Waals surface area contributed by atoms with Crippen molar-refractivity contribution in [3.05, 3.63) is 194 Å². The molecular formula is C56H32N2S. The molecule has 0 unspecified atom stereocenters. The lowest BCUT2D eigenvalue weighted by Crippen LogP contribution is -1.97. The van der Waals surface area contributed by atoms with Gasteiger partial charge in [-0.25, -0.2) is 9.97 Å². The van der Waals surface area contributed by atoms with E-state index in [0.717, 1.165) is 33.6 Å². The van der Waals surface area contributed by atoms with Gasteiger partial charge in [0.1, 0.15) is 0 Å². The Morgan fingerprint density at radius 1 is 0.288 bits per heavy atom. The van der Waals surface area contributed by atoms with E-state index in [-0.39, 0.29) is 0 Å². The van der Waals surface area contributed by atoms with E-state index in [0.29, 0.717) is 5.82 Å². The van der Waals surface area contributed by atoms with Gasteiger partial charge < -0.3 is 0 Å². The van der Waals surface area contributed by atoms with Gasteiger partial charge in [-0.2, -0.15) is 0 Å². The largest absolute Gasteiger partial charge is 0.228 e. The molecule has 0 radical (unpaired) electrons. The maximum Gasteiger partial charge on any atom is 0.160 e. The van der Waals surface area contributed by atoms with Crippen molar-refractivity contribution in [2.75, 3.05) is 0 Å². The smallest absolute Gasteiger partial charge is 0.160 e. The normalized spacial score (nSPS) is 12.1. The third-order valence-corrected chi connectivity index (χ3v) is 13.5. The van der Waals surface area contributed by atoms with Gasteiger partial charge in [0.25, 0.3) is 0 Å². The summed E-state index contributed by atoms with van der Waals surface area (Å²) in [6.45, 7) is 0. The van der Waals surface area contributed by atoms with Gasteiger partial charge in [0.05, 0.1) is 11.4 Å². The summed E-state index contributed by atoms with van der Waals surface area (Å²) < 4.78 is 2.60. The summed E-state index contributed by atoms with van der Waals surface area (Å²) in [6.07, 6.45) is 0. The Hall–Kier alpha value is -7.46. The molecule has 3 heteroatoms. The second-order valence-corrected chi connectivity index (χ2v) is 16.7. The van der Waals surface area contributed by atoms with Crippen molar-refractivity contribution < 1.29 is 0 Å². The highest BCUT2D eigenvalue weighted by molar-refractivity contribution is 7.25. The molecule has 11 aromatic carbocycles. The second-order valence-electron chi connectivity index (χ2n) is 15.6. The van der Waals surface area contributed by atoms with E-state index in [4.69, 9.17) is 9.97 Å². The van der Waals surface area contributed by atoms with Gasteiger partial charge >= 0.3 is 0 Å². The van der Waals surface area contributed by atoms with Crippen LogP contribution in [0.3, 0.4) is 0 Å². The summed E-state index contributed by atoms with van der Waals surface area (Å²) >= 11 is 1.85. The summed E-state index contributed by atoms with van der Waals surface area (Å²) in [7, 11) is 0. The molecule has 0 aliphatic rings. The number of thiophene rings is 1. The molecule has 0 bridgehead atoms. The summed E-state index contributed by atoms with van der Waals surface area (Å²) in [5.41, 5.74) is 7.22. The second kappa shape index (κ2) is 12.5. The number of hydrogen-bond acceptors (Lipinski definition) is 3. The Morgan fingerprint density at radius 2 is 0.831 bits per heavy atom. The molecule has 2 aromatic heterocycles.